The standard InChI is InChI=1S/C6H11N3O2/c1-9-5(4-11-2)3-7-6(9)8-10/h3,10H,4H2,1-2H3,(H,7,8). The van der Waals surface area contributed by atoms with Crippen molar-refractivity contribution >= 4 is 5.95 Å². The van der Waals surface area contributed by atoms with Gasteiger partial charge in [-0.1, -0.05) is 0 Å². The lowest BCUT2D eigenvalue weighted by atomic mass is 10.5. The molecule has 0 amide bonds. The first-order valence-electron chi connectivity index (χ1n) is 3.19. The molecule has 0 saturated carbocycles. The third-order valence-electron chi connectivity index (χ3n) is 1.48. The lowest BCUT2D eigenvalue weighted by Crippen LogP contribution is -2.02. The number of hydrogen-bond acceptors (Lipinski definition) is 4. The highest BCUT2D eigenvalue weighted by Gasteiger charge is 2.03. The van der Waals surface area contributed by atoms with Crippen LogP contribution < -0.4 is 5.48 Å². The zero-order valence-electron chi connectivity index (χ0n) is 6.53. The van der Waals surface area contributed by atoms with Crippen LogP contribution in [0.5, 0.6) is 0 Å². The molecule has 0 radical (unpaired) electrons. The summed E-state index contributed by atoms with van der Waals surface area (Å²) < 4.78 is 6.61. The van der Waals surface area contributed by atoms with E-state index in [-0.39, 0.29) is 0 Å². The minimum atomic E-state index is 0.414. The summed E-state index contributed by atoms with van der Waals surface area (Å²) in [6.45, 7) is 0.491. The van der Waals surface area contributed by atoms with Crippen molar-refractivity contribution in [3.8, 4) is 0 Å². The largest absolute Gasteiger partial charge is 0.378 e. The lowest BCUT2D eigenvalue weighted by Gasteiger charge is -2.02. The average Bonchev–Trinajstić information content (AvgIpc) is 2.34. The Labute approximate surface area is 64.6 Å². The molecule has 62 valence electrons. The molecule has 0 unspecified atom stereocenters. The van der Waals surface area contributed by atoms with Crippen LogP contribution in [-0.2, 0) is 18.4 Å². The first kappa shape index (κ1) is 8.03. The molecule has 0 aliphatic heterocycles. The molecule has 0 saturated heterocycles. The van der Waals surface area contributed by atoms with Gasteiger partial charge in [0.1, 0.15) is 0 Å². The molecule has 1 rings (SSSR count). The fraction of sp³-hybridized carbons (Fsp3) is 0.500. The fourth-order valence-electron chi connectivity index (χ4n) is 0.831. The minimum absolute atomic E-state index is 0.414. The van der Waals surface area contributed by atoms with Gasteiger partial charge in [-0.05, 0) is 0 Å². The van der Waals surface area contributed by atoms with E-state index < -0.39 is 0 Å². The van der Waals surface area contributed by atoms with Crippen LogP contribution in [0.15, 0.2) is 6.20 Å². The summed E-state index contributed by atoms with van der Waals surface area (Å²) in [7, 11) is 3.40. The Morgan fingerprint density at radius 1 is 1.82 bits per heavy atom. The number of aromatic nitrogens is 2. The van der Waals surface area contributed by atoms with Crippen LogP contribution in [-0.4, -0.2) is 21.9 Å². The second kappa shape index (κ2) is 3.36. The average molecular weight is 157 g/mol. The van der Waals surface area contributed by atoms with Gasteiger partial charge in [0.25, 0.3) is 0 Å². The quantitative estimate of drug-likeness (QED) is 0.622. The van der Waals surface area contributed by atoms with Gasteiger partial charge in [0.05, 0.1) is 18.5 Å². The van der Waals surface area contributed by atoms with Crippen molar-refractivity contribution in [1.82, 2.24) is 9.55 Å². The molecule has 5 heteroatoms. The Morgan fingerprint density at radius 3 is 3.00 bits per heavy atom. The normalized spacial score (nSPS) is 10.1. The Morgan fingerprint density at radius 2 is 2.55 bits per heavy atom. The van der Waals surface area contributed by atoms with Crippen molar-refractivity contribution < 1.29 is 9.94 Å². The SMILES string of the molecule is COCc1cnc(NO)n1C. The van der Waals surface area contributed by atoms with Crippen LogP contribution in [0.3, 0.4) is 0 Å². The van der Waals surface area contributed by atoms with Crippen molar-refractivity contribution in [2.45, 2.75) is 6.61 Å². The second-order valence-electron chi connectivity index (χ2n) is 2.18. The highest BCUT2D eigenvalue weighted by atomic mass is 16.5. The Bertz CT molecular complexity index is 234. The number of anilines is 1. The van der Waals surface area contributed by atoms with Crippen LogP contribution in [0.2, 0.25) is 0 Å². The number of rotatable bonds is 3. The molecule has 0 bridgehead atoms. The van der Waals surface area contributed by atoms with Crippen LogP contribution in [0.1, 0.15) is 5.69 Å². The van der Waals surface area contributed by atoms with E-state index in [0.29, 0.717) is 12.6 Å². The second-order valence-corrected chi connectivity index (χ2v) is 2.18. The van der Waals surface area contributed by atoms with Gasteiger partial charge in [-0.25, -0.2) is 10.5 Å². The monoisotopic (exact) mass is 157 g/mol. The van der Waals surface area contributed by atoms with E-state index in [9.17, 15) is 0 Å². The minimum Gasteiger partial charge on any atom is -0.378 e. The van der Waals surface area contributed by atoms with Crippen LogP contribution in [0, 0.1) is 0 Å². The highest BCUT2D eigenvalue weighted by Crippen LogP contribution is 2.07. The van der Waals surface area contributed by atoms with Gasteiger partial charge in [0, 0.05) is 14.2 Å². The maximum Gasteiger partial charge on any atom is 0.227 e. The third-order valence-corrected chi connectivity index (χ3v) is 1.48. The van der Waals surface area contributed by atoms with E-state index in [1.165, 1.54) is 0 Å². The fourth-order valence-corrected chi connectivity index (χ4v) is 0.831. The van der Waals surface area contributed by atoms with Gasteiger partial charge < -0.3 is 9.30 Å². The van der Waals surface area contributed by atoms with Crippen molar-refractivity contribution in [2.75, 3.05) is 12.6 Å². The first-order valence-corrected chi connectivity index (χ1v) is 3.19. The highest BCUT2D eigenvalue weighted by molar-refractivity contribution is 5.25. The molecule has 0 atom stereocenters. The maximum atomic E-state index is 8.53. The Kier molecular flexibility index (Phi) is 2.45. The first-order chi connectivity index (χ1) is 5.29. The van der Waals surface area contributed by atoms with Gasteiger partial charge in [-0.2, -0.15) is 0 Å². The van der Waals surface area contributed by atoms with E-state index in [1.54, 1.807) is 24.9 Å². The van der Waals surface area contributed by atoms with Crippen LogP contribution >= 0.6 is 0 Å². The molecular weight excluding hydrogens is 146 g/mol. The van der Waals surface area contributed by atoms with Crippen molar-refractivity contribution in [3.63, 3.8) is 0 Å². The third kappa shape index (κ3) is 1.50. The van der Waals surface area contributed by atoms with Crippen LogP contribution in [0.4, 0.5) is 5.95 Å². The van der Waals surface area contributed by atoms with Crippen molar-refractivity contribution in [3.05, 3.63) is 11.9 Å². The molecule has 2 N–H and O–H groups in total. The zero-order valence-corrected chi connectivity index (χ0v) is 6.53. The lowest BCUT2D eigenvalue weighted by molar-refractivity contribution is 0.179. The molecular formula is C6H11N3O2. The molecule has 0 aromatic carbocycles. The molecule has 1 heterocycles. The van der Waals surface area contributed by atoms with E-state index in [2.05, 4.69) is 4.98 Å². The predicted octanol–water partition coefficient (Wildman–Crippen LogP) is 0.368. The Balaban J connectivity index is 2.82. The van der Waals surface area contributed by atoms with E-state index in [4.69, 9.17) is 9.94 Å². The van der Waals surface area contributed by atoms with Gasteiger partial charge in [-0.3, -0.25) is 5.21 Å². The Hall–Kier alpha value is -1.07. The zero-order chi connectivity index (χ0) is 8.27. The van der Waals surface area contributed by atoms with Gasteiger partial charge in [0.2, 0.25) is 5.95 Å². The number of hydrogen-bond donors (Lipinski definition) is 2. The van der Waals surface area contributed by atoms with Crippen molar-refractivity contribution in [1.29, 1.82) is 0 Å². The van der Waals surface area contributed by atoms with E-state index in [1.807, 2.05) is 5.48 Å². The summed E-state index contributed by atoms with van der Waals surface area (Å²) in [5.41, 5.74) is 2.88. The predicted molar refractivity (Wildman–Crippen MR) is 39.3 cm³/mol. The number of methoxy groups -OCH3 is 1. The molecule has 5 nitrogen and oxygen atoms in total. The summed E-state index contributed by atoms with van der Waals surface area (Å²) >= 11 is 0. The molecule has 0 aliphatic rings. The topological polar surface area (TPSA) is 59.3 Å². The summed E-state index contributed by atoms with van der Waals surface area (Å²) in [5.74, 6) is 0.414. The number of imidazole rings is 1. The molecule has 0 aliphatic carbocycles. The smallest absolute Gasteiger partial charge is 0.227 e. The molecule has 11 heavy (non-hydrogen) atoms. The molecule has 1 aromatic heterocycles. The van der Waals surface area contributed by atoms with Gasteiger partial charge in [-0.15, -0.1) is 0 Å². The maximum absolute atomic E-state index is 8.53. The van der Waals surface area contributed by atoms with Crippen LogP contribution in [0.25, 0.3) is 0 Å². The summed E-state index contributed by atoms with van der Waals surface area (Å²) in [6, 6.07) is 0. The van der Waals surface area contributed by atoms with E-state index >= 15 is 0 Å². The van der Waals surface area contributed by atoms with E-state index in [0.717, 1.165) is 5.69 Å². The summed E-state index contributed by atoms with van der Waals surface area (Å²) in [6.07, 6.45) is 1.64. The molecule has 0 fully saturated rings. The van der Waals surface area contributed by atoms with Gasteiger partial charge in [0.15, 0.2) is 0 Å². The number of ether oxygens (including phenoxy) is 1. The molecule has 1 aromatic rings. The number of nitrogens with zero attached hydrogens (tertiary/aromatic N) is 2. The summed E-state index contributed by atoms with van der Waals surface area (Å²) in [5, 5.41) is 8.53. The number of nitrogens with one attached hydrogen (secondary N) is 1. The summed E-state index contributed by atoms with van der Waals surface area (Å²) in [4.78, 5) is 3.87. The van der Waals surface area contributed by atoms with Crippen molar-refractivity contribution in [2.24, 2.45) is 7.05 Å². The van der Waals surface area contributed by atoms with Gasteiger partial charge >= 0.3 is 0 Å². The molecule has 0 spiro atoms.